The van der Waals surface area contributed by atoms with Crippen LogP contribution in [0.15, 0.2) is 45.8 Å². The van der Waals surface area contributed by atoms with Gasteiger partial charge in [-0.25, -0.2) is 13.1 Å². The highest BCUT2D eigenvalue weighted by Crippen LogP contribution is 2.31. The lowest BCUT2D eigenvalue weighted by atomic mass is 10.1. The predicted octanol–water partition coefficient (Wildman–Crippen LogP) is 3.51. The highest BCUT2D eigenvalue weighted by molar-refractivity contribution is 9.10. The predicted molar refractivity (Wildman–Crippen MR) is 99.0 cm³/mol. The van der Waals surface area contributed by atoms with Crippen molar-refractivity contribution in [1.29, 1.82) is 0 Å². The van der Waals surface area contributed by atoms with Crippen LogP contribution in [0.2, 0.25) is 0 Å². The Morgan fingerprint density at radius 1 is 0.920 bits per heavy atom. The first-order chi connectivity index (χ1) is 11.8. The van der Waals surface area contributed by atoms with Gasteiger partial charge in [0, 0.05) is 6.04 Å². The van der Waals surface area contributed by atoms with Gasteiger partial charge in [-0.15, -0.1) is 0 Å². The van der Waals surface area contributed by atoms with Crippen molar-refractivity contribution in [3.63, 3.8) is 0 Å². The molecule has 8 heteroatoms. The van der Waals surface area contributed by atoms with E-state index in [2.05, 4.69) is 20.7 Å². The molecule has 136 valence electrons. The standard InChI is InChI=1S/C17H20BrNO5S/c1-11(12-5-7-16(23-3)17(9-12)24-4)19-25(20,21)13-6-8-15(22-2)14(18)10-13/h5-11,19H,1-4H3/t11-/m0/s1. The second-order valence-corrected chi connectivity index (χ2v) is 7.82. The molecular formula is C17H20BrNO5S. The van der Waals surface area contributed by atoms with Crippen LogP contribution in [0.4, 0.5) is 0 Å². The van der Waals surface area contributed by atoms with Gasteiger partial charge in [0.1, 0.15) is 5.75 Å². The van der Waals surface area contributed by atoms with Gasteiger partial charge in [-0.2, -0.15) is 0 Å². The van der Waals surface area contributed by atoms with Gasteiger partial charge in [-0.05, 0) is 58.7 Å². The number of ether oxygens (including phenoxy) is 3. The van der Waals surface area contributed by atoms with Gasteiger partial charge >= 0.3 is 0 Å². The van der Waals surface area contributed by atoms with E-state index in [4.69, 9.17) is 14.2 Å². The molecule has 0 fully saturated rings. The Hall–Kier alpha value is -1.77. The molecule has 0 bridgehead atoms. The van der Waals surface area contributed by atoms with E-state index in [9.17, 15) is 8.42 Å². The van der Waals surface area contributed by atoms with Gasteiger partial charge in [-0.3, -0.25) is 0 Å². The minimum atomic E-state index is -3.70. The van der Waals surface area contributed by atoms with Crippen molar-refractivity contribution < 1.29 is 22.6 Å². The molecule has 0 aliphatic heterocycles. The van der Waals surface area contributed by atoms with Crippen LogP contribution in [0.25, 0.3) is 0 Å². The molecule has 25 heavy (non-hydrogen) atoms. The summed E-state index contributed by atoms with van der Waals surface area (Å²) in [6.45, 7) is 1.76. The molecule has 1 atom stereocenters. The Balaban J connectivity index is 2.26. The summed E-state index contributed by atoms with van der Waals surface area (Å²) in [7, 11) is 0.901. The lowest BCUT2D eigenvalue weighted by Gasteiger charge is -2.17. The zero-order chi connectivity index (χ0) is 18.6. The Morgan fingerprint density at radius 3 is 2.08 bits per heavy atom. The molecule has 2 aromatic carbocycles. The zero-order valence-corrected chi connectivity index (χ0v) is 16.8. The minimum Gasteiger partial charge on any atom is -0.496 e. The summed E-state index contributed by atoms with van der Waals surface area (Å²) in [5.74, 6) is 1.69. The van der Waals surface area contributed by atoms with Gasteiger partial charge in [0.25, 0.3) is 0 Å². The molecule has 0 saturated heterocycles. The Bertz CT molecular complexity index is 854. The van der Waals surface area contributed by atoms with Gasteiger partial charge in [0.05, 0.1) is 30.7 Å². The maximum absolute atomic E-state index is 12.6. The van der Waals surface area contributed by atoms with Crippen molar-refractivity contribution in [2.75, 3.05) is 21.3 Å². The number of hydrogen-bond acceptors (Lipinski definition) is 5. The Kier molecular flexibility index (Phi) is 6.31. The van der Waals surface area contributed by atoms with Crippen LogP contribution in [-0.2, 0) is 10.0 Å². The second kappa shape index (κ2) is 8.07. The Labute approximate surface area is 156 Å². The molecular weight excluding hydrogens is 410 g/mol. The largest absolute Gasteiger partial charge is 0.496 e. The van der Waals surface area contributed by atoms with Crippen molar-refractivity contribution in [2.45, 2.75) is 17.9 Å². The third kappa shape index (κ3) is 4.45. The molecule has 0 amide bonds. The summed E-state index contributed by atoms with van der Waals surface area (Å²) in [5, 5.41) is 0. The first-order valence-corrected chi connectivity index (χ1v) is 9.67. The molecule has 0 spiro atoms. The lowest BCUT2D eigenvalue weighted by Crippen LogP contribution is -2.27. The van der Waals surface area contributed by atoms with Gasteiger partial charge < -0.3 is 14.2 Å². The molecule has 1 N–H and O–H groups in total. The van der Waals surface area contributed by atoms with Crippen LogP contribution in [0.3, 0.4) is 0 Å². The quantitative estimate of drug-likeness (QED) is 0.728. The van der Waals surface area contributed by atoms with E-state index in [1.807, 2.05) is 0 Å². The molecule has 0 unspecified atom stereocenters. The summed E-state index contributed by atoms with van der Waals surface area (Å²) in [5.41, 5.74) is 0.758. The van der Waals surface area contributed by atoms with Crippen LogP contribution in [0.5, 0.6) is 17.2 Å². The van der Waals surface area contributed by atoms with E-state index in [-0.39, 0.29) is 4.90 Å². The van der Waals surface area contributed by atoms with E-state index >= 15 is 0 Å². The van der Waals surface area contributed by atoms with E-state index < -0.39 is 16.1 Å². The third-order valence-corrected chi connectivity index (χ3v) is 5.83. The molecule has 0 saturated carbocycles. The first kappa shape index (κ1) is 19.6. The summed E-state index contributed by atoms with van der Waals surface area (Å²) in [4.78, 5) is 0.146. The molecule has 0 aliphatic rings. The van der Waals surface area contributed by atoms with Crippen LogP contribution in [0.1, 0.15) is 18.5 Å². The minimum absolute atomic E-state index is 0.146. The van der Waals surface area contributed by atoms with Crippen LogP contribution in [-0.4, -0.2) is 29.7 Å². The van der Waals surface area contributed by atoms with Crippen molar-refractivity contribution in [1.82, 2.24) is 4.72 Å². The zero-order valence-electron chi connectivity index (χ0n) is 14.4. The fourth-order valence-electron chi connectivity index (χ4n) is 2.31. The summed E-state index contributed by atoms with van der Waals surface area (Å²) < 4.78 is 44.0. The fourth-order valence-corrected chi connectivity index (χ4v) is 4.26. The number of nitrogens with one attached hydrogen (secondary N) is 1. The average Bonchev–Trinajstić information content (AvgIpc) is 2.60. The van der Waals surface area contributed by atoms with Crippen LogP contribution < -0.4 is 18.9 Å². The molecule has 0 aliphatic carbocycles. The number of rotatable bonds is 7. The Morgan fingerprint density at radius 2 is 1.52 bits per heavy atom. The topological polar surface area (TPSA) is 73.9 Å². The maximum Gasteiger partial charge on any atom is 0.241 e. The molecule has 0 heterocycles. The lowest BCUT2D eigenvalue weighted by molar-refractivity contribution is 0.354. The number of sulfonamides is 1. The molecule has 2 rings (SSSR count). The van der Waals surface area contributed by atoms with Gasteiger partial charge in [-0.1, -0.05) is 6.07 Å². The summed E-state index contributed by atoms with van der Waals surface area (Å²) in [6, 6.07) is 9.41. The summed E-state index contributed by atoms with van der Waals surface area (Å²) >= 11 is 3.30. The van der Waals surface area contributed by atoms with Crippen molar-refractivity contribution in [3.05, 3.63) is 46.4 Å². The van der Waals surface area contributed by atoms with Crippen molar-refractivity contribution in [3.8, 4) is 17.2 Å². The monoisotopic (exact) mass is 429 g/mol. The number of methoxy groups -OCH3 is 3. The van der Waals surface area contributed by atoms with E-state index in [1.165, 1.54) is 26.4 Å². The fraction of sp³-hybridized carbons (Fsp3) is 0.294. The number of benzene rings is 2. The molecule has 6 nitrogen and oxygen atoms in total. The van der Waals surface area contributed by atoms with E-state index in [1.54, 1.807) is 38.3 Å². The number of hydrogen-bond donors (Lipinski definition) is 1. The third-order valence-electron chi connectivity index (χ3n) is 3.67. The van der Waals surface area contributed by atoms with Crippen molar-refractivity contribution >= 4 is 26.0 Å². The van der Waals surface area contributed by atoms with Gasteiger partial charge in [0.2, 0.25) is 10.0 Å². The maximum atomic E-state index is 12.6. The number of halogens is 1. The summed E-state index contributed by atoms with van der Waals surface area (Å²) in [6.07, 6.45) is 0. The second-order valence-electron chi connectivity index (χ2n) is 5.25. The molecule has 0 aromatic heterocycles. The SMILES string of the molecule is COc1ccc(S(=O)(=O)N[C@@H](C)c2ccc(OC)c(OC)c2)cc1Br. The molecule has 2 aromatic rings. The van der Waals surface area contributed by atoms with Crippen LogP contribution in [0, 0.1) is 0 Å². The average molecular weight is 430 g/mol. The van der Waals surface area contributed by atoms with Gasteiger partial charge in [0.15, 0.2) is 11.5 Å². The van der Waals surface area contributed by atoms with E-state index in [0.29, 0.717) is 21.7 Å². The normalized spacial score (nSPS) is 12.5. The molecule has 0 radical (unpaired) electrons. The van der Waals surface area contributed by atoms with Crippen LogP contribution >= 0.6 is 15.9 Å². The first-order valence-electron chi connectivity index (χ1n) is 7.40. The van der Waals surface area contributed by atoms with E-state index in [0.717, 1.165) is 5.56 Å². The smallest absolute Gasteiger partial charge is 0.241 e. The highest BCUT2D eigenvalue weighted by atomic mass is 79.9. The highest BCUT2D eigenvalue weighted by Gasteiger charge is 2.20. The van der Waals surface area contributed by atoms with Crippen molar-refractivity contribution in [2.24, 2.45) is 0 Å².